The Morgan fingerprint density at radius 1 is 1.00 bits per heavy atom. The van der Waals surface area contributed by atoms with E-state index < -0.39 is 5.82 Å². The highest BCUT2D eigenvalue weighted by Crippen LogP contribution is 2.35. The molecule has 2 saturated heterocycles. The van der Waals surface area contributed by atoms with Crippen molar-refractivity contribution in [2.24, 2.45) is 11.8 Å². The van der Waals surface area contributed by atoms with E-state index in [1.165, 1.54) is 23.3 Å². The Morgan fingerprint density at radius 3 is 2.22 bits per heavy atom. The molecule has 2 aromatic heterocycles. The van der Waals surface area contributed by atoms with Gasteiger partial charge in [0.15, 0.2) is 0 Å². The average Bonchev–Trinajstić information content (AvgIpc) is 3.54. The van der Waals surface area contributed by atoms with E-state index in [4.69, 9.17) is 9.47 Å². The first-order valence-corrected chi connectivity index (χ1v) is 10.2. The van der Waals surface area contributed by atoms with E-state index in [9.17, 15) is 9.18 Å². The molecule has 0 spiro atoms. The Balaban J connectivity index is 1.33. The zero-order valence-electron chi connectivity index (χ0n) is 17.7. The molecule has 1 aromatic carbocycles. The van der Waals surface area contributed by atoms with Crippen LogP contribution in [0.4, 0.5) is 10.3 Å². The largest absolute Gasteiger partial charge is 0.481 e. The van der Waals surface area contributed by atoms with Crippen molar-refractivity contribution in [3.8, 4) is 17.4 Å². The number of benzene rings is 1. The number of fused-ring (bicyclic) bond motifs is 1. The smallest absolute Gasteiger partial charge is 0.259 e. The summed E-state index contributed by atoms with van der Waals surface area (Å²) in [5.74, 6) is 0.932. The van der Waals surface area contributed by atoms with Crippen LogP contribution in [0, 0.1) is 17.7 Å². The predicted octanol–water partition coefficient (Wildman–Crippen LogP) is 1.42. The molecule has 32 heavy (non-hydrogen) atoms. The summed E-state index contributed by atoms with van der Waals surface area (Å²) in [4.78, 5) is 27.2. The molecular weight excluding hydrogens is 417 g/mol. The van der Waals surface area contributed by atoms with Crippen LogP contribution in [0.1, 0.15) is 10.4 Å². The SMILES string of the molecule is COc1cc(OC)nc(N2CC3CN(C(=O)c4c(F)cccc4-n4nccn4)CC3C2)n1. The number of carbonyl (C=O) groups is 1. The molecule has 0 aliphatic carbocycles. The maximum absolute atomic E-state index is 14.7. The van der Waals surface area contributed by atoms with Gasteiger partial charge in [0.25, 0.3) is 5.91 Å². The first-order valence-electron chi connectivity index (χ1n) is 10.2. The molecule has 0 saturated carbocycles. The molecule has 166 valence electrons. The lowest BCUT2D eigenvalue weighted by molar-refractivity contribution is 0.0777. The monoisotopic (exact) mass is 439 g/mol. The molecule has 5 rings (SSSR count). The number of hydrogen-bond donors (Lipinski definition) is 0. The molecule has 4 heterocycles. The van der Waals surface area contributed by atoms with Crippen molar-refractivity contribution in [2.45, 2.75) is 0 Å². The van der Waals surface area contributed by atoms with E-state index >= 15 is 0 Å². The molecule has 2 atom stereocenters. The maximum Gasteiger partial charge on any atom is 0.259 e. The second-order valence-electron chi connectivity index (χ2n) is 7.84. The minimum atomic E-state index is -0.583. The van der Waals surface area contributed by atoms with Gasteiger partial charge in [0, 0.05) is 38.0 Å². The number of amides is 1. The van der Waals surface area contributed by atoms with Gasteiger partial charge in [-0.25, -0.2) is 4.39 Å². The fourth-order valence-electron chi connectivity index (χ4n) is 4.45. The maximum atomic E-state index is 14.7. The van der Waals surface area contributed by atoms with Gasteiger partial charge < -0.3 is 19.3 Å². The van der Waals surface area contributed by atoms with Crippen molar-refractivity contribution in [3.05, 3.63) is 48.0 Å². The number of rotatable bonds is 5. The quantitative estimate of drug-likeness (QED) is 0.589. The molecule has 2 aliphatic heterocycles. The van der Waals surface area contributed by atoms with E-state index in [2.05, 4.69) is 25.1 Å². The second kappa shape index (κ2) is 8.06. The minimum Gasteiger partial charge on any atom is -0.481 e. The summed E-state index contributed by atoms with van der Waals surface area (Å²) in [6, 6.07) is 6.10. The number of anilines is 1. The minimum absolute atomic E-state index is 0.0126. The van der Waals surface area contributed by atoms with Crippen LogP contribution in [-0.2, 0) is 0 Å². The highest BCUT2D eigenvalue weighted by molar-refractivity contribution is 5.98. The number of methoxy groups -OCH3 is 2. The van der Waals surface area contributed by atoms with Gasteiger partial charge in [-0.2, -0.15) is 25.0 Å². The third-order valence-corrected chi connectivity index (χ3v) is 5.98. The van der Waals surface area contributed by atoms with Crippen LogP contribution in [0.15, 0.2) is 36.7 Å². The van der Waals surface area contributed by atoms with Crippen LogP contribution >= 0.6 is 0 Å². The normalized spacial score (nSPS) is 19.8. The number of halogens is 1. The van der Waals surface area contributed by atoms with Crippen LogP contribution in [0.25, 0.3) is 5.69 Å². The van der Waals surface area contributed by atoms with Crippen molar-refractivity contribution in [3.63, 3.8) is 0 Å². The topological polar surface area (TPSA) is 98.5 Å². The van der Waals surface area contributed by atoms with Crippen LogP contribution in [0.5, 0.6) is 11.8 Å². The Kier molecular flexibility index (Phi) is 5.08. The van der Waals surface area contributed by atoms with Gasteiger partial charge in [0.1, 0.15) is 17.1 Å². The predicted molar refractivity (Wildman–Crippen MR) is 112 cm³/mol. The Hall–Kier alpha value is -3.76. The Bertz CT molecular complexity index is 1100. The van der Waals surface area contributed by atoms with Crippen molar-refractivity contribution in [1.29, 1.82) is 0 Å². The molecule has 2 aliphatic rings. The molecule has 11 heteroatoms. The molecule has 0 radical (unpaired) electrons. The van der Waals surface area contributed by atoms with Gasteiger partial charge in [0.2, 0.25) is 17.7 Å². The summed E-state index contributed by atoms with van der Waals surface area (Å²) in [6.07, 6.45) is 2.98. The number of aromatic nitrogens is 5. The van der Waals surface area contributed by atoms with Crippen LogP contribution in [0.3, 0.4) is 0 Å². The third kappa shape index (κ3) is 3.49. The van der Waals surface area contributed by atoms with Crippen LogP contribution in [-0.4, -0.2) is 76.2 Å². The Labute approximate surface area is 183 Å². The molecule has 0 N–H and O–H groups in total. The number of carbonyl (C=O) groups excluding carboxylic acids is 1. The first-order chi connectivity index (χ1) is 15.6. The fraction of sp³-hybridized carbons (Fsp3) is 0.381. The summed E-state index contributed by atoms with van der Waals surface area (Å²) in [7, 11) is 3.09. The van der Waals surface area contributed by atoms with Gasteiger partial charge in [-0.1, -0.05) is 6.07 Å². The summed E-state index contributed by atoms with van der Waals surface area (Å²) in [5.41, 5.74) is 0.317. The van der Waals surface area contributed by atoms with E-state index in [0.29, 0.717) is 49.6 Å². The van der Waals surface area contributed by atoms with Crippen molar-refractivity contribution in [1.82, 2.24) is 29.9 Å². The fourth-order valence-corrected chi connectivity index (χ4v) is 4.45. The highest BCUT2D eigenvalue weighted by atomic mass is 19.1. The number of hydrogen-bond acceptors (Lipinski definition) is 8. The second-order valence-corrected chi connectivity index (χ2v) is 7.84. The first kappa shape index (κ1) is 20.2. The lowest BCUT2D eigenvalue weighted by atomic mass is 10.0. The summed E-state index contributed by atoms with van der Waals surface area (Å²) >= 11 is 0. The number of nitrogens with zero attached hydrogens (tertiary/aromatic N) is 7. The van der Waals surface area contributed by atoms with Gasteiger partial charge in [-0.15, -0.1) is 0 Å². The summed E-state index contributed by atoms with van der Waals surface area (Å²) < 4.78 is 25.2. The lowest BCUT2D eigenvalue weighted by Crippen LogP contribution is -2.34. The van der Waals surface area contributed by atoms with Gasteiger partial charge in [-0.3, -0.25) is 4.79 Å². The molecular formula is C21H22FN7O3. The molecule has 2 fully saturated rings. The number of likely N-dealkylation sites (tertiary alicyclic amines) is 1. The zero-order chi connectivity index (χ0) is 22.2. The Morgan fingerprint density at radius 2 is 1.62 bits per heavy atom. The van der Waals surface area contributed by atoms with Gasteiger partial charge in [0.05, 0.1) is 32.7 Å². The van der Waals surface area contributed by atoms with Crippen LogP contribution in [0.2, 0.25) is 0 Å². The lowest BCUT2D eigenvalue weighted by Gasteiger charge is -2.23. The molecule has 2 unspecified atom stereocenters. The van der Waals surface area contributed by atoms with E-state index in [1.807, 2.05) is 0 Å². The van der Waals surface area contributed by atoms with Gasteiger partial charge >= 0.3 is 0 Å². The van der Waals surface area contributed by atoms with Gasteiger partial charge in [-0.05, 0) is 12.1 Å². The standard InChI is InChI=1S/C21H22FN7O3/c1-31-17-8-18(32-2)26-21(25-17)28-11-13-9-27(10-14(13)12-28)20(30)19-15(22)4-3-5-16(19)29-23-6-7-24-29/h3-8,13-14H,9-12H2,1-2H3. The average molecular weight is 439 g/mol. The van der Waals surface area contributed by atoms with E-state index in [1.54, 1.807) is 37.3 Å². The zero-order valence-corrected chi connectivity index (χ0v) is 17.7. The molecule has 1 amide bonds. The molecule has 10 nitrogen and oxygen atoms in total. The van der Waals surface area contributed by atoms with Crippen molar-refractivity contribution >= 4 is 11.9 Å². The van der Waals surface area contributed by atoms with Crippen molar-refractivity contribution in [2.75, 3.05) is 45.3 Å². The number of ether oxygens (including phenoxy) is 2. The van der Waals surface area contributed by atoms with E-state index in [0.717, 1.165) is 0 Å². The molecule has 0 bridgehead atoms. The highest BCUT2D eigenvalue weighted by Gasteiger charge is 2.43. The summed E-state index contributed by atoms with van der Waals surface area (Å²) in [6.45, 7) is 2.44. The van der Waals surface area contributed by atoms with Crippen LogP contribution < -0.4 is 14.4 Å². The summed E-state index contributed by atoms with van der Waals surface area (Å²) in [5, 5.41) is 8.11. The molecule has 3 aromatic rings. The van der Waals surface area contributed by atoms with E-state index in [-0.39, 0.29) is 23.3 Å². The van der Waals surface area contributed by atoms with Crippen molar-refractivity contribution < 1.29 is 18.7 Å². The third-order valence-electron chi connectivity index (χ3n) is 5.98.